The van der Waals surface area contributed by atoms with E-state index in [1.165, 1.54) is 36.0 Å². The standard InChI is InChI=1S/C25H23N2O5PS/c28-15-22(25(29)20-11-13-21(14-12-20)27(30)31)26-33(32)16-23(18-7-3-1-4-8-18)34-24(17-33)19-9-5-2-6-10-19/h1-14,16-17,22,25,28-29H,15H2,(H,26,32)/t22-,25+/m1/s1. The number of rotatable bonds is 8. The normalized spacial score (nSPS) is 16.8. The Morgan fingerprint density at radius 2 is 1.38 bits per heavy atom. The summed E-state index contributed by atoms with van der Waals surface area (Å²) < 4.78 is 14.1. The van der Waals surface area contributed by atoms with Crippen LogP contribution >= 0.6 is 19.1 Å². The van der Waals surface area contributed by atoms with Gasteiger partial charge in [-0.2, -0.15) is 0 Å². The second kappa shape index (κ2) is 10.5. The van der Waals surface area contributed by atoms with E-state index in [-0.39, 0.29) is 5.69 Å². The molecule has 3 aromatic rings. The number of aliphatic hydroxyl groups excluding tert-OH is 2. The predicted octanol–water partition coefficient (Wildman–Crippen LogP) is 5.60. The Morgan fingerprint density at radius 3 is 1.82 bits per heavy atom. The highest BCUT2D eigenvalue weighted by molar-refractivity contribution is 8.17. The average Bonchev–Trinajstić information content (AvgIpc) is 2.87. The summed E-state index contributed by atoms with van der Waals surface area (Å²) in [6.07, 6.45) is -1.23. The van der Waals surface area contributed by atoms with E-state index in [0.717, 1.165) is 20.9 Å². The van der Waals surface area contributed by atoms with Gasteiger partial charge in [-0.25, -0.2) is 0 Å². The van der Waals surface area contributed by atoms with E-state index in [2.05, 4.69) is 5.09 Å². The molecule has 3 N–H and O–H groups in total. The molecule has 0 bridgehead atoms. The Balaban J connectivity index is 1.67. The van der Waals surface area contributed by atoms with Crippen LogP contribution in [-0.2, 0) is 4.57 Å². The van der Waals surface area contributed by atoms with Crippen molar-refractivity contribution in [2.75, 3.05) is 6.61 Å². The highest BCUT2D eigenvalue weighted by Crippen LogP contribution is 2.59. The van der Waals surface area contributed by atoms with Crippen molar-refractivity contribution in [3.63, 3.8) is 0 Å². The molecule has 7 nitrogen and oxygen atoms in total. The minimum Gasteiger partial charge on any atom is -0.395 e. The van der Waals surface area contributed by atoms with E-state index in [1.807, 2.05) is 60.7 Å². The number of nitro groups is 1. The number of hydrogen-bond acceptors (Lipinski definition) is 6. The highest BCUT2D eigenvalue weighted by atomic mass is 32.2. The summed E-state index contributed by atoms with van der Waals surface area (Å²) in [7, 11) is -3.35. The molecule has 0 aliphatic carbocycles. The molecule has 0 unspecified atom stereocenters. The maximum Gasteiger partial charge on any atom is 0.269 e. The molecule has 0 aromatic heterocycles. The molecular weight excluding hydrogens is 471 g/mol. The van der Waals surface area contributed by atoms with E-state index in [4.69, 9.17) is 0 Å². The smallest absolute Gasteiger partial charge is 0.269 e. The lowest BCUT2D eigenvalue weighted by molar-refractivity contribution is -0.384. The molecule has 3 aromatic carbocycles. The minimum atomic E-state index is -3.35. The lowest BCUT2D eigenvalue weighted by Gasteiger charge is -2.28. The fraction of sp³-hybridized carbons (Fsp3) is 0.120. The van der Waals surface area contributed by atoms with Crippen LogP contribution in [0.5, 0.6) is 0 Å². The van der Waals surface area contributed by atoms with Crippen molar-refractivity contribution in [3.05, 3.63) is 123 Å². The van der Waals surface area contributed by atoms with Crippen molar-refractivity contribution in [2.24, 2.45) is 0 Å². The van der Waals surface area contributed by atoms with Crippen LogP contribution in [-0.4, -0.2) is 27.8 Å². The first kappa shape index (κ1) is 24.1. The van der Waals surface area contributed by atoms with Crippen LogP contribution in [0.1, 0.15) is 22.8 Å². The minimum absolute atomic E-state index is 0.104. The number of non-ortho nitro benzene ring substituents is 1. The lowest BCUT2D eigenvalue weighted by atomic mass is 10.0. The number of nitro benzene ring substituents is 1. The van der Waals surface area contributed by atoms with Crippen LogP contribution < -0.4 is 5.09 Å². The van der Waals surface area contributed by atoms with Crippen molar-refractivity contribution in [2.45, 2.75) is 12.1 Å². The van der Waals surface area contributed by atoms with E-state index in [1.54, 1.807) is 11.6 Å². The van der Waals surface area contributed by atoms with E-state index in [9.17, 15) is 24.9 Å². The molecule has 1 aliphatic rings. The van der Waals surface area contributed by atoms with Gasteiger partial charge in [-0.15, -0.1) is 0 Å². The Hall–Kier alpha value is -3.00. The van der Waals surface area contributed by atoms with Gasteiger partial charge < -0.3 is 10.2 Å². The molecule has 34 heavy (non-hydrogen) atoms. The van der Waals surface area contributed by atoms with Gasteiger partial charge in [0.1, 0.15) is 0 Å². The van der Waals surface area contributed by atoms with E-state index < -0.39 is 31.0 Å². The molecule has 2 atom stereocenters. The van der Waals surface area contributed by atoms with Gasteiger partial charge >= 0.3 is 0 Å². The number of nitrogens with zero attached hydrogens (tertiary/aromatic N) is 1. The molecular formula is C25H23N2O5PS. The summed E-state index contributed by atoms with van der Waals surface area (Å²) in [5.41, 5.74) is 2.09. The summed E-state index contributed by atoms with van der Waals surface area (Å²) in [5, 5.41) is 34.8. The monoisotopic (exact) mass is 494 g/mol. The quantitative estimate of drug-likeness (QED) is 0.212. The Bertz CT molecular complexity index is 1200. The second-order valence-electron chi connectivity index (χ2n) is 7.74. The average molecular weight is 495 g/mol. The fourth-order valence-corrected chi connectivity index (χ4v) is 7.66. The van der Waals surface area contributed by atoms with Crippen LogP contribution in [0.2, 0.25) is 0 Å². The molecule has 0 radical (unpaired) electrons. The molecule has 1 heterocycles. The first-order valence-corrected chi connectivity index (χ1v) is 13.2. The van der Waals surface area contributed by atoms with Gasteiger partial charge in [0.15, 0.2) is 7.29 Å². The Morgan fingerprint density at radius 1 is 0.882 bits per heavy atom. The summed E-state index contributed by atoms with van der Waals surface area (Å²) in [6.45, 7) is -0.488. The number of hydrogen-bond donors (Lipinski definition) is 3. The third kappa shape index (κ3) is 5.55. The SMILES string of the molecule is O=[N+]([O-])c1ccc([C@H](O)[C@@H](CO)NP2(=O)C=C(c3ccccc3)SC(c3ccccc3)=C2)cc1. The van der Waals surface area contributed by atoms with Crippen molar-refractivity contribution in [1.29, 1.82) is 0 Å². The predicted molar refractivity (Wildman–Crippen MR) is 136 cm³/mol. The molecule has 0 saturated heterocycles. The van der Waals surface area contributed by atoms with Gasteiger partial charge in [-0.05, 0) is 28.8 Å². The van der Waals surface area contributed by atoms with Crippen molar-refractivity contribution in [3.8, 4) is 0 Å². The largest absolute Gasteiger partial charge is 0.395 e. The molecule has 174 valence electrons. The fourth-order valence-electron chi connectivity index (χ4n) is 3.60. The lowest BCUT2D eigenvalue weighted by Crippen LogP contribution is -2.35. The highest BCUT2D eigenvalue weighted by Gasteiger charge is 2.31. The van der Waals surface area contributed by atoms with Gasteiger partial charge in [0.25, 0.3) is 5.69 Å². The van der Waals surface area contributed by atoms with E-state index in [0.29, 0.717) is 5.56 Å². The molecule has 0 saturated carbocycles. The van der Waals surface area contributed by atoms with E-state index >= 15 is 0 Å². The summed E-state index contributed by atoms with van der Waals surface area (Å²) in [5.74, 6) is 3.31. The van der Waals surface area contributed by atoms with Gasteiger partial charge in [-0.3, -0.25) is 19.8 Å². The van der Waals surface area contributed by atoms with Crippen molar-refractivity contribution in [1.82, 2.24) is 5.09 Å². The van der Waals surface area contributed by atoms with Gasteiger partial charge in [0.2, 0.25) is 0 Å². The van der Waals surface area contributed by atoms with Crippen LogP contribution in [0.15, 0.2) is 96.6 Å². The van der Waals surface area contributed by atoms with Gasteiger partial charge in [0, 0.05) is 33.6 Å². The number of nitrogens with one attached hydrogen (secondary N) is 1. The van der Waals surface area contributed by atoms with Crippen molar-refractivity contribution < 1.29 is 19.7 Å². The van der Waals surface area contributed by atoms with Crippen LogP contribution in [0.3, 0.4) is 0 Å². The zero-order chi connectivity index (χ0) is 24.1. The van der Waals surface area contributed by atoms with Crippen LogP contribution in [0.4, 0.5) is 5.69 Å². The molecule has 9 heteroatoms. The maximum absolute atomic E-state index is 14.1. The summed E-state index contributed by atoms with van der Waals surface area (Å²) >= 11 is 1.50. The summed E-state index contributed by atoms with van der Waals surface area (Å²) in [6, 6.07) is 23.7. The number of aliphatic hydroxyl groups is 2. The first-order valence-electron chi connectivity index (χ1n) is 10.5. The van der Waals surface area contributed by atoms with Crippen molar-refractivity contribution >= 4 is 34.6 Å². The first-order chi connectivity index (χ1) is 16.4. The van der Waals surface area contributed by atoms with Crippen LogP contribution in [0, 0.1) is 10.1 Å². The molecule has 1 aliphatic heterocycles. The number of thioether (sulfide) groups is 1. The molecule has 0 amide bonds. The van der Waals surface area contributed by atoms with Gasteiger partial charge in [0.05, 0.1) is 23.7 Å². The summed E-state index contributed by atoms with van der Waals surface area (Å²) in [4.78, 5) is 12.0. The third-order valence-electron chi connectivity index (χ3n) is 5.35. The Kier molecular flexibility index (Phi) is 7.46. The van der Waals surface area contributed by atoms with Crippen LogP contribution in [0.25, 0.3) is 9.81 Å². The molecule has 4 rings (SSSR count). The third-order valence-corrected chi connectivity index (χ3v) is 8.86. The number of benzene rings is 3. The maximum atomic E-state index is 14.1. The zero-order valence-electron chi connectivity index (χ0n) is 18.0. The molecule has 0 spiro atoms. The Labute approximate surface area is 201 Å². The second-order valence-corrected chi connectivity index (χ2v) is 11.0. The zero-order valence-corrected chi connectivity index (χ0v) is 19.7. The molecule has 0 fully saturated rings. The topological polar surface area (TPSA) is 113 Å². The van der Waals surface area contributed by atoms with Gasteiger partial charge in [-0.1, -0.05) is 72.4 Å².